The van der Waals surface area contributed by atoms with Crippen molar-refractivity contribution in [1.29, 1.82) is 0 Å². The van der Waals surface area contributed by atoms with Crippen molar-refractivity contribution in [2.24, 2.45) is 0 Å². The van der Waals surface area contributed by atoms with Gasteiger partial charge in [-0.25, -0.2) is 14.0 Å². The average molecular weight is 308 g/mol. The van der Waals surface area contributed by atoms with Crippen molar-refractivity contribution in [1.82, 2.24) is 4.90 Å². The molecule has 0 aliphatic carbocycles. The second-order valence-corrected chi connectivity index (χ2v) is 4.05. The predicted octanol–water partition coefficient (Wildman–Crippen LogP) is 2.94. The summed E-state index contributed by atoms with van der Waals surface area (Å²) < 4.78 is 49.8. The normalized spacial score (nSPS) is 11.1. The molecular formula is C12H12F4N2O3. The summed E-state index contributed by atoms with van der Waals surface area (Å²) >= 11 is 0. The first-order valence-corrected chi connectivity index (χ1v) is 5.79. The zero-order valence-corrected chi connectivity index (χ0v) is 10.9. The van der Waals surface area contributed by atoms with Gasteiger partial charge in [-0.1, -0.05) is 0 Å². The van der Waals surface area contributed by atoms with Gasteiger partial charge in [-0.3, -0.25) is 0 Å². The summed E-state index contributed by atoms with van der Waals surface area (Å²) in [5, 5.41) is 10.9. The van der Waals surface area contributed by atoms with Crippen LogP contribution in [0.3, 0.4) is 0 Å². The number of anilines is 1. The summed E-state index contributed by atoms with van der Waals surface area (Å²) in [6, 6.07) is 1.40. The predicted molar refractivity (Wildman–Crippen MR) is 65.7 cm³/mol. The molecule has 2 N–H and O–H groups in total. The Morgan fingerprint density at radius 2 is 1.95 bits per heavy atom. The molecule has 0 radical (unpaired) electrons. The van der Waals surface area contributed by atoms with Crippen LogP contribution in [-0.4, -0.2) is 41.3 Å². The maximum atomic E-state index is 13.0. The fraction of sp³-hybridized carbons (Fsp3) is 0.333. The number of rotatable bonds is 4. The highest BCUT2D eigenvalue weighted by atomic mass is 19.4. The number of alkyl halides is 3. The van der Waals surface area contributed by atoms with E-state index in [0.717, 1.165) is 12.1 Å². The molecule has 0 unspecified atom stereocenters. The van der Waals surface area contributed by atoms with Gasteiger partial charge in [-0.2, -0.15) is 13.2 Å². The zero-order valence-electron chi connectivity index (χ0n) is 10.9. The molecule has 0 saturated heterocycles. The van der Waals surface area contributed by atoms with Gasteiger partial charge in [0.05, 0.1) is 11.3 Å². The van der Waals surface area contributed by atoms with Gasteiger partial charge in [0.25, 0.3) is 0 Å². The summed E-state index contributed by atoms with van der Waals surface area (Å²) in [6.07, 6.45) is -4.58. The monoisotopic (exact) mass is 308 g/mol. The van der Waals surface area contributed by atoms with E-state index in [0.29, 0.717) is 11.0 Å². The number of carbonyl (C=O) groups excluding carboxylic acids is 1. The molecule has 0 heterocycles. The molecule has 21 heavy (non-hydrogen) atoms. The molecule has 5 nitrogen and oxygen atoms in total. The van der Waals surface area contributed by atoms with Crippen molar-refractivity contribution >= 4 is 17.7 Å². The second kappa shape index (κ2) is 6.42. The van der Waals surface area contributed by atoms with Gasteiger partial charge in [0.2, 0.25) is 0 Å². The van der Waals surface area contributed by atoms with Crippen molar-refractivity contribution in [2.45, 2.75) is 13.1 Å². The standard InChI is InChI=1S/C12H12F4N2O3/c1-2-18(6-12(14,15)16)11(21)17-9-4-3-7(13)5-8(9)10(19)20/h3-5H,2,6H2,1H3,(H,17,21)(H,19,20). The summed E-state index contributed by atoms with van der Waals surface area (Å²) in [4.78, 5) is 23.1. The minimum atomic E-state index is -4.58. The van der Waals surface area contributed by atoms with Gasteiger partial charge in [0.15, 0.2) is 0 Å². The van der Waals surface area contributed by atoms with Crippen molar-refractivity contribution in [3.05, 3.63) is 29.6 Å². The van der Waals surface area contributed by atoms with Crippen LogP contribution in [0, 0.1) is 5.82 Å². The minimum absolute atomic E-state index is 0.227. The summed E-state index contributed by atoms with van der Waals surface area (Å²) in [5.74, 6) is -2.35. The number of hydrogen-bond acceptors (Lipinski definition) is 2. The molecular weight excluding hydrogens is 296 g/mol. The van der Waals surface area contributed by atoms with E-state index in [1.54, 1.807) is 0 Å². The highest BCUT2D eigenvalue weighted by Gasteiger charge is 2.32. The van der Waals surface area contributed by atoms with Crippen LogP contribution in [0.5, 0.6) is 0 Å². The largest absolute Gasteiger partial charge is 0.478 e. The Kier molecular flexibility index (Phi) is 5.12. The van der Waals surface area contributed by atoms with E-state index < -0.39 is 36.1 Å². The highest BCUT2D eigenvalue weighted by molar-refractivity contribution is 6.00. The third kappa shape index (κ3) is 4.93. The molecule has 1 aromatic rings. The second-order valence-electron chi connectivity index (χ2n) is 4.05. The van der Waals surface area contributed by atoms with Crippen LogP contribution in [0.15, 0.2) is 18.2 Å². The Labute approximate surface area is 117 Å². The van der Waals surface area contributed by atoms with Gasteiger partial charge in [0.1, 0.15) is 12.4 Å². The van der Waals surface area contributed by atoms with Crippen molar-refractivity contribution in [3.8, 4) is 0 Å². The van der Waals surface area contributed by atoms with Crippen LogP contribution in [0.2, 0.25) is 0 Å². The lowest BCUT2D eigenvalue weighted by atomic mass is 10.1. The molecule has 1 aromatic carbocycles. The van der Waals surface area contributed by atoms with Gasteiger partial charge in [-0.05, 0) is 25.1 Å². The summed E-state index contributed by atoms with van der Waals surface area (Å²) in [7, 11) is 0. The van der Waals surface area contributed by atoms with Gasteiger partial charge < -0.3 is 15.3 Å². The fourth-order valence-electron chi connectivity index (χ4n) is 1.54. The number of nitrogens with zero attached hydrogens (tertiary/aromatic N) is 1. The van der Waals surface area contributed by atoms with Gasteiger partial charge >= 0.3 is 18.2 Å². The Balaban J connectivity index is 2.94. The average Bonchev–Trinajstić information content (AvgIpc) is 2.36. The number of hydrogen-bond donors (Lipinski definition) is 2. The van der Waals surface area contributed by atoms with E-state index in [9.17, 15) is 27.2 Å². The van der Waals surface area contributed by atoms with Crippen molar-refractivity contribution in [2.75, 3.05) is 18.4 Å². The number of amides is 2. The number of carbonyl (C=O) groups is 2. The van der Waals surface area contributed by atoms with E-state index >= 15 is 0 Å². The maximum absolute atomic E-state index is 13.0. The molecule has 0 aliphatic heterocycles. The van der Waals surface area contributed by atoms with Crippen molar-refractivity contribution < 1.29 is 32.3 Å². The Bertz CT molecular complexity index is 546. The number of carboxylic acid groups (broad SMARTS) is 1. The fourth-order valence-corrected chi connectivity index (χ4v) is 1.54. The van der Waals surface area contributed by atoms with E-state index in [2.05, 4.69) is 0 Å². The minimum Gasteiger partial charge on any atom is -0.478 e. The van der Waals surface area contributed by atoms with Crippen LogP contribution < -0.4 is 5.32 Å². The summed E-state index contributed by atoms with van der Waals surface area (Å²) in [6.45, 7) is -0.359. The van der Waals surface area contributed by atoms with Crippen LogP contribution in [-0.2, 0) is 0 Å². The van der Waals surface area contributed by atoms with Gasteiger partial charge in [-0.15, -0.1) is 0 Å². The summed E-state index contributed by atoms with van der Waals surface area (Å²) in [5.41, 5.74) is -0.832. The molecule has 116 valence electrons. The number of carboxylic acids is 1. The first-order chi connectivity index (χ1) is 9.64. The smallest absolute Gasteiger partial charge is 0.406 e. The van der Waals surface area contributed by atoms with Crippen molar-refractivity contribution in [3.63, 3.8) is 0 Å². The molecule has 0 aromatic heterocycles. The first kappa shape index (κ1) is 16.7. The molecule has 0 atom stereocenters. The Hall–Kier alpha value is -2.32. The SMILES string of the molecule is CCN(CC(F)(F)F)C(=O)Nc1ccc(F)cc1C(=O)O. The molecule has 0 spiro atoms. The van der Waals surface area contributed by atoms with Crippen LogP contribution in [0.1, 0.15) is 17.3 Å². The number of halogens is 4. The molecule has 0 bridgehead atoms. The lowest BCUT2D eigenvalue weighted by molar-refractivity contribution is -0.139. The zero-order chi connectivity index (χ0) is 16.2. The molecule has 1 rings (SSSR count). The van der Waals surface area contributed by atoms with E-state index in [4.69, 9.17) is 5.11 Å². The topological polar surface area (TPSA) is 69.6 Å². The van der Waals surface area contributed by atoms with Crippen LogP contribution in [0.4, 0.5) is 28.0 Å². The lowest BCUT2D eigenvalue weighted by Gasteiger charge is -2.23. The van der Waals surface area contributed by atoms with Crippen LogP contribution >= 0.6 is 0 Å². The Morgan fingerprint density at radius 3 is 2.43 bits per heavy atom. The Morgan fingerprint density at radius 1 is 1.33 bits per heavy atom. The molecule has 0 fully saturated rings. The molecule has 0 saturated carbocycles. The van der Waals surface area contributed by atoms with Crippen LogP contribution in [0.25, 0.3) is 0 Å². The quantitative estimate of drug-likeness (QED) is 0.840. The van der Waals surface area contributed by atoms with E-state index in [1.165, 1.54) is 6.92 Å². The number of aromatic carboxylic acids is 1. The number of nitrogens with one attached hydrogen (secondary N) is 1. The van der Waals surface area contributed by atoms with E-state index in [-0.39, 0.29) is 12.2 Å². The maximum Gasteiger partial charge on any atom is 0.406 e. The number of urea groups is 1. The first-order valence-electron chi connectivity index (χ1n) is 5.79. The van der Waals surface area contributed by atoms with Gasteiger partial charge in [0, 0.05) is 6.54 Å². The number of benzene rings is 1. The molecule has 2 amide bonds. The third-order valence-electron chi connectivity index (χ3n) is 2.49. The van der Waals surface area contributed by atoms with E-state index in [1.807, 2.05) is 5.32 Å². The third-order valence-corrected chi connectivity index (χ3v) is 2.49. The molecule has 0 aliphatic rings. The highest BCUT2D eigenvalue weighted by Crippen LogP contribution is 2.20. The lowest BCUT2D eigenvalue weighted by Crippen LogP contribution is -2.41. The molecule has 9 heteroatoms.